The Morgan fingerprint density at radius 2 is 1.85 bits per heavy atom. The van der Waals surface area contributed by atoms with E-state index in [0.29, 0.717) is 24.8 Å². The van der Waals surface area contributed by atoms with Crippen molar-refractivity contribution in [3.63, 3.8) is 0 Å². The fourth-order valence-corrected chi connectivity index (χ4v) is 6.86. The third kappa shape index (κ3) is 3.22. The molecule has 0 saturated heterocycles. The summed E-state index contributed by atoms with van der Waals surface area (Å²) in [5.41, 5.74) is 1.79. The number of hydrogen-bond donors (Lipinski definition) is 1. The molecule has 3 nitrogen and oxygen atoms in total. The van der Waals surface area contributed by atoms with E-state index in [1.165, 1.54) is 24.1 Å². The number of hydrogen-bond acceptors (Lipinski definition) is 2. The maximum absolute atomic E-state index is 13.1. The summed E-state index contributed by atoms with van der Waals surface area (Å²) in [6, 6.07) is 6.61. The second-order valence-electron chi connectivity index (χ2n) is 9.69. The molecule has 1 N–H and O–H groups in total. The molecule has 27 heavy (non-hydrogen) atoms. The highest BCUT2D eigenvalue weighted by atomic mass is 19.1. The molecule has 4 heteroatoms. The predicted octanol–water partition coefficient (Wildman–Crippen LogP) is 4.16. The van der Waals surface area contributed by atoms with Crippen molar-refractivity contribution in [2.45, 2.75) is 57.0 Å². The highest BCUT2D eigenvalue weighted by molar-refractivity contribution is 5.79. The topological polar surface area (TPSA) is 40.5 Å². The molecule has 0 aromatic heterocycles. The number of halogens is 1. The number of amides is 1. The third-order valence-electron chi connectivity index (χ3n) is 7.45. The maximum atomic E-state index is 13.1. The van der Waals surface area contributed by atoms with Crippen LogP contribution in [0.15, 0.2) is 30.3 Å². The van der Waals surface area contributed by atoms with Crippen LogP contribution in [0.3, 0.4) is 0 Å². The summed E-state index contributed by atoms with van der Waals surface area (Å²) in [4.78, 5) is 15.0. The first kappa shape index (κ1) is 17.4. The summed E-state index contributed by atoms with van der Waals surface area (Å²) in [7, 11) is 0. The van der Waals surface area contributed by atoms with Gasteiger partial charge in [0.2, 0.25) is 5.91 Å². The van der Waals surface area contributed by atoms with Crippen LogP contribution in [0.1, 0.15) is 56.9 Å². The minimum atomic E-state index is -0.498. The molecule has 4 saturated carbocycles. The van der Waals surface area contributed by atoms with Gasteiger partial charge in [0.15, 0.2) is 0 Å². The van der Waals surface area contributed by atoms with Crippen LogP contribution in [0.2, 0.25) is 0 Å². The quantitative estimate of drug-likeness (QED) is 0.869. The molecule has 0 radical (unpaired) electrons. The number of nitrogens with zero attached hydrogens (tertiary/aromatic N) is 1. The van der Waals surface area contributed by atoms with Crippen LogP contribution < -0.4 is 0 Å². The monoisotopic (exact) mass is 369 g/mol. The van der Waals surface area contributed by atoms with Gasteiger partial charge in [0.1, 0.15) is 5.82 Å². The molecule has 4 fully saturated rings. The van der Waals surface area contributed by atoms with E-state index in [0.717, 1.165) is 50.6 Å². The Labute approximate surface area is 160 Å². The first-order chi connectivity index (χ1) is 12.9. The normalized spacial score (nSPS) is 37.4. The van der Waals surface area contributed by atoms with Gasteiger partial charge in [-0.2, -0.15) is 0 Å². The van der Waals surface area contributed by atoms with Gasteiger partial charge in [0.05, 0.1) is 5.60 Å². The second-order valence-corrected chi connectivity index (χ2v) is 9.69. The van der Waals surface area contributed by atoms with E-state index in [1.807, 2.05) is 17.0 Å². The highest BCUT2D eigenvalue weighted by Crippen LogP contribution is 2.62. The van der Waals surface area contributed by atoms with Crippen molar-refractivity contribution in [3.05, 3.63) is 41.7 Å². The van der Waals surface area contributed by atoms with Crippen LogP contribution in [0.5, 0.6) is 0 Å². The van der Waals surface area contributed by atoms with E-state index in [-0.39, 0.29) is 17.1 Å². The Morgan fingerprint density at radius 3 is 2.44 bits per heavy atom. The van der Waals surface area contributed by atoms with Gasteiger partial charge in [-0.05, 0) is 85.5 Å². The Hall–Kier alpha value is -1.68. The average molecular weight is 369 g/mol. The van der Waals surface area contributed by atoms with Gasteiger partial charge in [-0.1, -0.05) is 18.2 Å². The average Bonchev–Trinajstić information content (AvgIpc) is 2.60. The lowest BCUT2D eigenvalue weighted by Gasteiger charge is -2.60. The number of rotatable bonds is 3. The van der Waals surface area contributed by atoms with E-state index < -0.39 is 5.60 Å². The standard InChI is InChI=1S/C23H28FNO2/c24-20-3-1-18(2-4-20)19-5-7-25(8-6-19)21(26)14-22-10-16-9-17(11-22)13-23(27,12-16)15-22/h1-5,16-17,27H,6-15H2. The lowest BCUT2D eigenvalue weighted by molar-refractivity contribution is -0.171. The Kier molecular flexibility index (Phi) is 3.98. The zero-order valence-corrected chi connectivity index (χ0v) is 15.8. The molecule has 1 amide bonds. The van der Waals surface area contributed by atoms with Crippen molar-refractivity contribution in [2.24, 2.45) is 17.3 Å². The van der Waals surface area contributed by atoms with Crippen molar-refractivity contribution >= 4 is 11.5 Å². The van der Waals surface area contributed by atoms with Crippen LogP contribution in [0.4, 0.5) is 4.39 Å². The second kappa shape index (κ2) is 6.16. The molecule has 4 bridgehead atoms. The Morgan fingerprint density at radius 1 is 1.15 bits per heavy atom. The van der Waals surface area contributed by atoms with Gasteiger partial charge >= 0.3 is 0 Å². The molecule has 5 aliphatic rings. The van der Waals surface area contributed by atoms with Crippen molar-refractivity contribution < 1.29 is 14.3 Å². The summed E-state index contributed by atoms with van der Waals surface area (Å²) >= 11 is 0. The third-order valence-corrected chi connectivity index (χ3v) is 7.45. The molecule has 2 atom stereocenters. The van der Waals surface area contributed by atoms with Crippen molar-refractivity contribution in [1.82, 2.24) is 4.90 Å². The number of carbonyl (C=O) groups is 1. The van der Waals surface area contributed by atoms with E-state index in [4.69, 9.17) is 0 Å². The molecule has 1 aromatic carbocycles. The fraction of sp³-hybridized carbons (Fsp3) is 0.609. The minimum Gasteiger partial charge on any atom is -0.390 e. The first-order valence-corrected chi connectivity index (χ1v) is 10.4. The van der Waals surface area contributed by atoms with Gasteiger partial charge in [-0.15, -0.1) is 0 Å². The van der Waals surface area contributed by atoms with Gasteiger partial charge < -0.3 is 10.0 Å². The van der Waals surface area contributed by atoms with Crippen molar-refractivity contribution in [2.75, 3.05) is 13.1 Å². The molecular weight excluding hydrogens is 341 g/mol. The molecule has 0 spiro atoms. The summed E-state index contributed by atoms with van der Waals surface area (Å²) in [5, 5.41) is 10.9. The number of carbonyl (C=O) groups excluding carboxylic acids is 1. The van der Waals surface area contributed by atoms with Crippen LogP contribution in [-0.4, -0.2) is 34.6 Å². The Bertz CT molecular complexity index is 770. The predicted molar refractivity (Wildman–Crippen MR) is 102 cm³/mol. The smallest absolute Gasteiger partial charge is 0.223 e. The largest absolute Gasteiger partial charge is 0.390 e. The van der Waals surface area contributed by atoms with Crippen molar-refractivity contribution in [1.29, 1.82) is 0 Å². The zero-order valence-electron chi connectivity index (χ0n) is 15.8. The minimum absolute atomic E-state index is 0.0386. The summed E-state index contributed by atoms with van der Waals surface area (Å²) in [6.45, 7) is 1.37. The van der Waals surface area contributed by atoms with Gasteiger partial charge in [-0.3, -0.25) is 4.79 Å². The molecule has 6 rings (SSSR count). The molecule has 2 unspecified atom stereocenters. The van der Waals surface area contributed by atoms with E-state index in [1.54, 1.807) is 0 Å². The van der Waals surface area contributed by atoms with Crippen LogP contribution in [0.25, 0.3) is 5.57 Å². The number of aliphatic hydroxyl groups is 1. The molecule has 1 heterocycles. The van der Waals surface area contributed by atoms with Crippen LogP contribution in [-0.2, 0) is 4.79 Å². The van der Waals surface area contributed by atoms with Crippen LogP contribution in [0, 0.1) is 23.1 Å². The van der Waals surface area contributed by atoms with E-state index >= 15 is 0 Å². The SMILES string of the molecule is O=C(CC12CC3CC(CC(O)(C3)C1)C2)N1CC=C(c2ccc(F)cc2)CC1. The summed E-state index contributed by atoms with van der Waals surface area (Å²) in [5.74, 6) is 1.27. The fourth-order valence-electron chi connectivity index (χ4n) is 6.86. The van der Waals surface area contributed by atoms with Crippen LogP contribution >= 0.6 is 0 Å². The highest BCUT2D eigenvalue weighted by Gasteiger charge is 2.57. The summed E-state index contributed by atoms with van der Waals surface area (Å²) in [6.07, 6.45) is 9.77. The summed E-state index contributed by atoms with van der Waals surface area (Å²) < 4.78 is 13.1. The van der Waals surface area contributed by atoms with E-state index in [9.17, 15) is 14.3 Å². The van der Waals surface area contributed by atoms with E-state index in [2.05, 4.69) is 6.08 Å². The number of benzene rings is 1. The molecular formula is C23H28FNO2. The zero-order chi connectivity index (χ0) is 18.6. The lowest BCUT2D eigenvalue weighted by atomic mass is 9.47. The first-order valence-electron chi connectivity index (χ1n) is 10.4. The van der Waals surface area contributed by atoms with Gasteiger partial charge in [0.25, 0.3) is 0 Å². The maximum Gasteiger partial charge on any atom is 0.223 e. The molecule has 1 aliphatic heterocycles. The Balaban J connectivity index is 1.26. The molecule has 4 aliphatic carbocycles. The van der Waals surface area contributed by atoms with Gasteiger partial charge in [-0.25, -0.2) is 4.39 Å². The van der Waals surface area contributed by atoms with Gasteiger partial charge in [0, 0.05) is 19.5 Å². The van der Waals surface area contributed by atoms with Crippen molar-refractivity contribution in [3.8, 4) is 0 Å². The molecule has 1 aromatic rings. The molecule has 144 valence electrons. The lowest BCUT2D eigenvalue weighted by Crippen LogP contribution is -2.56.